The van der Waals surface area contributed by atoms with Crippen LogP contribution in [-0.4, -0.2) is 67.3 Å². The molecule has 2 aromatic rings. The second-order valence-corrected chi connectivity index (χ2v) is 11.0. The molecule has 0 radical (unpaired) electrons. The number of aryl methyl sites for hydroxylation is 1. The van der Waals surface area contributed by atoms with Gasteiger partial charge >= 0.3 is 6.03 Å². The summed E-state index contributed by atoms with van der Waals surface area (Å²) in [6.07, 6.45) is 2.81. The van der Waals surface area contributed by atoms with Gasteiger partial charge < -0.3 is 5.32 Å². The number of benzene rings is 2. The Bertz CT molecular complexity index is 1220. The molecule has 3 aliphatic rings. The Labute approximate surface area is 198 Å². The number of rotatable bonds is 4. The number of sulfonamides is 1. The van der Waals surface area contributed by atoms with Crippen LogP contribution in [0.5, 0.6) is 0 Å². The summed E-state index contributed by atoms with van der Waals surface area (Å²) in [5.74, 6) is -0.738. The van der Waals surface area contributed by atoms with Gasteiger partial charge in [-0.15, -0.1) is 0 Å². The molecular formula is C24H27FN4O4S. The van der Waals surface area contributed by atoms with Crippen molar-refractivity contribution in [1.82, 2.24) is 19.4 Å². The molecule has 10 heteroatoms. The van der Waals surface area contributed by atoms with Gasteiger partial charge in [-0.1, -0.05) is 24.3 Å². The van der Waals surface area contributed by atoms with Crippen LogP contribution in [0.25, 0.3) is 0 Å². The molecule has 2 fully saturated rings. The third-order valence-corrected chi connectivity index (χ3v) is 8.90. The molecule has 1 spiro atoms. The number of urea groups is 1. The van der Waals surface area contributed by atoms with E-state index < -0.39 is 27.4 Å². The Morgan fingerprint density at radius 2 is 1.71 bits per heavy atom. The zero-order valence-corrected chi connectivity index (χ0v) is 19.6. The standard InChI is InChI=1S/C24H27FN4O4S/c25-19-8-10-20(11-9-19)34(32,33)28-14-4-13-27(15-16-28)17-29-22(30)24(26-23(29)31)12-3-6-18-5-1-2-7-21(18)24/h1-2,5,7-11H,3-4,6,12-17H2,(H,26,31). The van der Waals surface area contributed by atoms with Gasteiger partial charge in [0.25, 0.3) is 5.91 Å². The second kappa shape index (κ2) is 8.75. The molecule has 1 atom stereocenters. The minimum absolute atomic E-state index is 0.0503. The summed E-state index contributed by atoms with van der Waals surface area (Å²) >= 11 is 0. The number of amides is 3. The molecule has 2 heterocycles. The number of nitrogens with zero attached hydrogens (tertiary/aromatic N) is 3. The fourth-order valence-electron chi connectivity index (χ4n) is 5.22. The first-order valence-electron chi connectivity index (χ1n) is 11.5. The molecule has 180 valence electrons. The molecule has 1 unspecified atom stereocenters. The molecule has 0 saturated carbocycles. The number of nitrogens with one attached hydrogen (secondary N) is 1. The number of carbonyl (C=O) groups excluding carboxylic acids is 2. The maximum atomic E-state index is 13.5. The van der Waals surface area contributed by atoms with Crippen LogP contribution in [0, 0.1) is 5.82 Å². The minimum Gasteiger partial charge on any atom is -0.319 e. The molecule has 8 nitrogen and oxygen atoms in total. The molecular weight excluding hydrogens is 459 g/mol. The Kier molecular flexibility index (Phi) is 5.91. The number of hydrogen-bond acceptors (Lipinski definition) is 5. The van der Waals surface area contributed by atoms with Crippen LogP contribution in [0.15, 0.2) is 53.4 Å². The lowest BCUT2D eigenvalue weighted by atomic mass is 9.76. The summed E-state index contributed by atoms with van der Waals surface area (Å²) < 4.78 is 40.6. The highest BCUT2D eigenvalue weighted by Crippen LogP contribution is 2.40. The lowest BCUT2D eigenvalue weighted by molar-refractivity contribution is -0.133. The van der Waals surface area contributed by atoms with Crippen LogP contribution < -0.4 is 5.32 Å². The van der Waals surface area contributed by atoms with Gasteiger partial charge in [0, 0.05) is 26.2 Å². The molecule has 2 saturated heterocycles. The van der Waals surface area contributed by atoms with E-state index in [0.717, 1.165) is 36.1 Å². The lowest BCUT2D eigenvalue weighted by Gasteiger charge is -2.33. The normalized spacial score (nSPS) is 24.2. The third-order valence-electron chi connectivity index (χ3n) is 6.99. The highest BCUT2D eigenvalue weighted by Gasteiger charge is 2.54. The van der Waals surface area contributed by atoms with Gasteiger partial charge in [-0.3, -0.25) is 9.69 Å². The van der Waals surface area contributed by atoms with Crippen molar-refractivity contribution >= 4 is 22.0 Å². The first-order chi connectivity index (χ1) is 16.3. The number of hydrogen-bond donors (Lipinski definition) is 1. The van der Waals surface area contributed by atoms with Crippen LogP contribution in [-0.2, 0) is 26.8 Å². The maximum Gasteiger partial charge on any atom is 0.326 e. The van der Waals surface area contributed by atoms with Gasteiger partial charge in [-0.05, 0) is 61.1 Å². The molecule has 5 rings (SSSR count). The van der Waals surface area contributed by atoms with Crippen LogP contribution in [0.3, 0.4) is 0 Å². The average molecular weight is 487 g/mol. The Hall–Kier alpha value is -2.82. The van der Waals surface area contributed by atoms with E-state index in [2.05, 4.69) is 5.32 Å². The zero-order chi connectivity index (χ0) is 23.9. The van der Waals surface area contributed by atoms with Crippen molar-refractivity contribution in [2.75, 3.05) is 32.8 Å². The predicted molar refractivity (Wildman–Crippen MR) is 123 cm³/mol. The van der Waals surface area contributed by atoms with Gasteiger partial charge in [-0.2, -0.15) is 4.31 Å². The minimum atomic E-state index is -3.75. The first-order valence-corrected chi connectivity index (χ1v) is 13.0. The van der Waals surface area contributed by atoms with Gasteiger partial charge in [-0.25, -0.2) is 22.5 Å². The number of halogens is 1. The predicted octanol–water partition coefficient (Wildman–Crippen LogP) is 2.26. The van der Waals surface area contributed by atoms with Crippen molar-refractivity contribution in [2.24, 2.45) is 0 Å². The van der Waals surface area contributed by atoms with Crippen LogP contribution in [0.2, 0.25) is 0 Å². The number of carbonyl (C=O) groups is 2. The summed E-state index contributed by atoms with van der Waals surface area (Å²) in [4.78, 5) is 29.7. The monoisotopic (exact) mass is 486 g/mol. The Morgan fingerprint density at radius 1 is 0.941 bits per heavy atom. The van der Waals surface area contributed by atoms with Gasteiger partial charge in [0.1, 0.15) is 11.4 Å². The molecule has 0 bridgehead atoms. The topological polar surface area (TPSA) is 90.0 Å². The number of imide groups is 1. The van der Waals surface area contributed by atoms with E-state index in [0.29, 0.717) is 32.5 Å². The van der Waals surface area contributed by atoms with Crippen LogP contribution >= 0.6 is 0 Å². The zero-order valence-electron chi connectivity index (χ0n) is 18.7. The van der Waals surface area contributed by atoms with Gasteiger partial charge in [0.15, 0.2) is 0 Å². The largest absolute Gasteiger partial charge is 0.326 e. The van der Waals surface area contributed by atoms with Crippen LogP contribution in [0.4, 0.5) is 9.18 Å². The summed E-state index contributed by atoms with van der Waals surface area (Å²) in [7, 11) is -3.75. The van der Waals surface area contributed by atoms with Crippen molar-refractivity contribution in [3.63, 3.8) is 0 Å². The smallest absolute Gasteiger partial charge is 0.319 e. The van der Waals surface area contributed by atoms with E-state index in [-0.39, 0.29) is 24.0 Å². The van der Waals surface area contributed by atoms with Gasteiger partial charge in [0.05, 0.1) is 11.6 Å². The maximum absolute atomic E-state index is 13.5. The lowest BCUT2D eigenvalue weighted by Crippen LogP contribution is -2.47. The molecule has 2 aliphatic heterocycles. The average Bonchev–Trinajstić information content (AvgIpc) is 2.99. The quantitative estimate of drug-likeness (QED) is 0.670. The van der Waals surface area contributed by atoms with Crippen LogP contribution in [0.1, 0.15) is 30.4 Å². The Morgan fingerprint density at radius 3 is 2.50 bits per heavy atom. The van der Waals surface area contributed by atoms with E-state index in [4.69, 9.17) is 0 Å². The second-order valence-electron chi connectivity index (χ2n) is 9.05. The van der Waals surface area contributed by atoms with E-state index >= 15 is 0 Å². The van der Waals surface area contributed by atoms with Crippen molar-refractivity contribution in [3.05, 3.63) is 65.5 Å². The van der Waals surface area contributed by atoms with Crippen molar-refractivity contribution in [3.8, 4) is 0 Å². The molecule has 3 amide bonds. The van der Waals surface area contributed by atoms with E-state index in [1.807, 2.05) is 29.2 Å². The van der Waals surface area contributed by atoms with Crippen molar-refractivity contribution < 1.29 is 22.4 Å². The van der Waals surface area contributed by atoms with Crippen molar-refractivity contribution in [1.29, 1.82) is 0 Å². The summed E-state index contributed by atoms with van der Waals surface area (Å²) in [6, 6.07) is 12.1. The third kappa shape index (κ3) is 3.89. The highest BCUT2D eigenvalue weighted by molar-refractivity contribution is 7.89. The number of fused-ring (bicyclic) bond motifs is 2. The molecule has 1 N–H and O–H groups in total. The summed E-state index contributed by atoms with van der Waals surface area (Å²) in [5, 5.41) is 2.96. The van der Waals surface area contributed by atoms with E-state index in [1.165, 1.54) is 21.3 Å². The molecule has 2 aromatic carbocycles. The Balaban J connectivity index is 1.29. The molecule has 1 aliphatic carbocycles. The van der Waals surface area contributed by atoms with Gasteiger partial charge in [0.2, 0.25) is 10.0 Å². The molecule has 34 heavy (non-hydrogen) atoms. The summed E-state index contributed by atoms with van der Waals surface area (Å²) in [6.45, 7) is 1.57. The SMILES string of the molecule is O=C1NC2(CCCc3ccccc32)C(=O)N1CN1CCCN(S(=O)(=O)c2ccc(F)cc2)CC1. The fourth-order valence-corrected chi connectivity index (χ4v) is 6.69. The summed E-state index contributed by atoms with van der Waals surface area (Å²) in [5.41, 5.74) is 0.936. The molecule has 0 aromatic heterocycles. The van der Waals surface area contributed by atoms with E-state index in [1.54, 1.807) is 0 Å². The van der Waals surface area contributed by atoms with E-state index in [9.17, 15) is 22.4 Å². The fraction of sp³-hybridized carbons (Fsp3) is 0.417. The van der Waals surface area contributed by atoms with Crippen molar-refractivity contribution in [2.45, 2.75) is 36.1 Å². The highest BCUT2D eigenvalue weighted by atomic mass is 32.2. The first kappa shape index (κ1) is 22.9.